The van der Waals surface area contributed by atoms with E-state index >= 15 is 0 Å². The fourth-order valence-corrected chi connectivity index (χ4v) is 6.61. The van der Waals surface area contributed by atoms with Gasteiger partial charge in [0.2, 0.25) is 5.91 Å². The summed E-state index contributed by atoms with van der Waals surface area (Å²) < 4.78 is 62.7. The molecule has 186 valence electrons. The Balaban J connectivity index is 1.25. The molecular formula is C23H18Cl2F4N2O3S. The van der Waals surface area contributed by atoms with Crippen LogP contribution in [-0.2, 0) is 32.2 Å². The van der Waals surface area contributed by atoms with Gasteiger partial charge in [-0.2, -0.15) is 13.2 Å². The van der Waals surface area contributed by atoms with Crippen molar-refractivity contribution >= 4 is 46.2 Å². The van der Waals surface area contributed by atoms with Gasteiger partial charge in [-0.25, -0.2) is 4.39 Å². The molecule has 4 aliphatic rings. The number of oxime groups is 1. The molecule has 35 heavy (non-hydrogen) atoms. The zero-order valence-corrected chi connectivity index (χ0v) is 20.4. The number of likely N-dealkylation sites (tertiary alicyclic amines) is 1. The molecule has 4 heterocycles. The van der Waals surface area contributed by atoms with Crippen molar-refractivity contribution < 1.29 is 31.9 Å². The Labute approximate surface area is 211 Å². The van der Waals surface area contributed by atoms with Crippen molar-refractivity contribution in [2.24, 2.45) is 11.1 Å². The number of fused-ring (bicyclic) bond motifs is 2. The van der Waals surface area contributed by atoms with Crippen LogP contribution >= 0.6 is 34.5 Å². The zero-order chi connectivity index (χ0) is 24.8. The smallest absolute Gasteiger partial charge is 0.374 e. The average Bonchev–Trinajstić information content (AvgIpc) is 3.17. The standard InChI is InChI=1S/C23H18Cl2F4N2O3S/c24-14-5-13(6-15(25)19(14)26)22(23(27,28)29)7-16(30-34-22)17-4-12-8-33-21(20(12)35-17)9-31(10-21)18(32)3-11-1-2-11/h4-6,11H,1-3,7-10H2. The van der Waals surface area contributed by atoms with Crippen LogP contribution in [0.5, 0.6) is 0 Å². The highest BCUT2D eigenvalue weighted by molar-refractivity contribution is 7.14. The third kappa shape index (κ3) is 3.67. The van der Waals surface area contributed by atoms with Gasteiger partial charge in [0.1, 0.15) is 11.3 Å². The van der Waals surface area contributed by atoms with Crippen molar-refractivity contribution in [2.75, 3.05) is 13.1 Å². The molecule has 6 rings (SSSR count). The molecule has 1 aliphatic carbocycles. The number of amides is 1. The number of hydrogen-bond acceptors (Lipinski definition) is 5. The molecule has 1 saturated heterocycles. The number of ether oxygens (including phenoxy) is 1. The number of alkyl halides is 3. The summed E-state index contributed by atoms with van der Waals surface area (Å²) in [4.78, 5) is 20.7. The SMILES string of the molecule is O=C(CC1CC1)N1CC2(C1)OCc1cc(C3=NOC(c4cc(Cl)c(F)c(Cl)c4)(C(F)(F)F)C3)sc12. The predicted octanol–water partition coefficient (Wildman–Crippen LogP) is 6.14. The van der Waals surface area contributed by atoms with E-state index in [0.29, 0.717) is 36.9 Å². The molecule has 1 aromatic heterocycles. The molecule has 1 atom stereocenters. The van der Waals surface area contributed by atoms with Crippen LogP contribution in [0.4, 0.5) is 17.6 Å². The fraction of sp³-hybridized carbons (Fsp3) is 0.478. The van der Waals surface area contributed by atoms with Crippen molar-refractivity contribution in [3.63, 3.8) is 0 Å². The van der Waals surface area contributed by atoms with E-state index in [2.05, 4.69) is 5.16 Å². The van der Waals surface area contributed by atoms with Gasteiger partial charge in [-0.15, -0.1) is 11.3 Å². The lowest BCUT2D eigenvalue weighted by Crippen LogP contribution is -2.61. The Hall–Kier alpha value is -1.88. The molecule has 5 nitrogen and oxygen atoms in total. The monoisotopic (exact) mass is 548 g/mol. The van der Waals surface area contributed by atoms with Crippen LogP contribution in [0.1, 0.15) is 46.6 Å². The second-order valence-electron chi connectivity index (χ2n) is 9.53. The van der Waals surface area contributed by atoms with Crippen LogP contribution in [-0.4, -0.2) is 35.8 Å². The van der Waals surface area contributed by atoms with Crippen molar-refractivity contribution in [3.05, 3.63) is 54.9 Å². The molecule has 1 saturated carbocycles. The molecule has 1 amide bonds. The summed E-state index contributed by atoms with van der Waals surface area (Å²) in [5, 5.41) is 2.72. The van der Waals surface area contributed by atoms with Crippen molar-refractivity contribution in [1.29, 1.82) is 0 Å². The molecule has 1 unspecified atom stereocenters. The van der Waals surface area contributed by atoms with Crippen LogP contribution in [0.15, 0.2) is 23.4 Å². The lowest BCUT2D eigenvalue weighted by atomic mass is 9.87. The predicted molar refractivity (Wildman–Crippen MR) is 121 cm³/mol. The molecule has 0 N–H and O–H groups in total. The Kier molecular flexibility index (Phi) is 5.25. The maximum absolute atomic E-state index is 14.3. The minimum absolute atomic E-state index is 0.118. The number of thiophene rings is 1. The average molecular weight is 549 g/mol. The van der Waals surface area contributed by atoms with Gasteiger partial charge in [0.05, 0.1) is 41.0 Å². The number of halogens is 6. The van der Waals surface area contributed by atoms with Gasteiger partial charge in [0, 0.05) is 16.9 Å². The number of nitrogens with zero attached hydrogens (tertiary/aromatic N) is 2. The van der Waals surface area contributed by atoms with Crippen molar-refractivity contribution in [2.45, 2.75) is 49.7 Å². The first kappa shape index (κ1) is 23.5. The van der Waals surface area contributed by atoms with Crippen molar-refractivity contribution in [1.82, 2.24) is 4.90 Å². The number of carbonyl (C=O) groups excluding carboxylic acids is 1. The highest BCUT2D eigenvalue weighted by Crippen LogP contribution is 2.52. The zero-order valence-electron chi connectivity index (χ0n) is 18.1. The largest absolute Gasteiger partial charge is 0.435 e. The molecule has 0 radical (unpaired) electrons. The van der Waals surface area contributed by atoms with E-state index in [9.17, 15) is 22.4 Å². The van der Waals surface area contributed by atoms with Crippen LogP contribution in [0.25, 0.3) is 0 Å². The molecular weight excluding hydrogens is 531 g/mol. The lowest BCUT2D eigenvalue weighted by molar-refractivity contribution is -0.275. The maximum Gasteiger partial charge on any atom is 0.435 e. The van der Waals surface area contributed by atoms with E-state index in [4.69, 9.17) is 32.8 Å². The summed E-state index contributed by atoms with van der Waals surface area (Å²) in [6.07, 6.45) is -2.74. The van der Waals surface area contributed by atoms with Crippen LogP contribution < -0.4 is 0 Å². The van der Waals surface area contributed by atoms with E-state index in [-0.39, 0.29) is 11.6 Å². The van der Waals surface area contributed by atoms with Gasteiger partial charge in [0.25, 0.3) is 5.60 Å². The molecule has 2 aromatic rings. The Morgan fingerprint density at radius 1 is 1.20 bits per heavy atom. The van der Waals surface area contributed by atoms with Crippen molar-refractivity contribution in [3.8, 4) is 0 Å². The first-order valence-corrected chi connectivity index (χ1v) is 12.6. The summed E-state index contributed by atoms with van der Waals surface area (Å²) in [6.45, 7) is 1.19. The second kappa shape index (κ2) is 7.81. The Bertz CT molecular complexity index is 1250. The first-order valence-electron chi connectivity index (χ1n) is 11.0. The minimum atomic E-state index is -4.87. The molecule has 2 fully saturated rings. The minimum Gasteiger partial charge on any atom is -0.374 e. The number of hydrogen-bond donors (Lipinski definition) is 0. The highest BCUT2D eigenvalue weighted by Gasteiger charge is 2.63. The van der Waals surface area contributed by atoms with Crippen LogP contribution in [0.3, 0.4) is 0 Å². The summed E-state index contributed by atoms with van der Waals surface area (Å²) >= 11 is 12.8. The normalized spacial score (nSPS) is 24.9. The number of rotatable bonds is 4. The van der Waals surface area contributed by atoms with Gasteiger partial charge in [-0.3, -0.25) is 4.79 Å². The lowest BCUT2D eigenvalue weighted by Gasteiger charge is -2.47. The number of benzene rings is 1. The van der Waals surface area contributed by atoms with Gasteiger partial charge in [-0.1, -0.05) is 28.4 Å². The van der Waals surface area contributed by atoms with E-state index in [1.54, 1.807) is 11.0 Å². The van der Waals surface area contributed by atoms with E-state index in [1.165, 1.54) is 11.3 Å². The van der Waals surface area contributed by atoms with Crippen LogP contribution in [0.2, 0.25) is 10.0 Å². The summed E-state index contributed by atoms with van der Waals surface area (Å²) in [7, 11) is 0. The van der Waals surface area contributed by atoms with Gasteiger partial charge in [-0.05, 0) is 42.5 Å². The summed E-state index contributed by atoms with van der Waals surface area (Å²) in [5.41, 5.74) is -2.88. The molecule has 0 bridgehead atoms. The molecule has 3 aliphatic heterocycles. The van der Waals surface area contributed by atoms with Crippen LogP contribution in [0, 0.1) is 11.7 Å². The number of carbonyl (C=O) groups is 1. The Morgan fingerprint density at radius 2 is 1.89 bits per heavy atom. The Morgan fingerprint density at radius 3 is 2.51 bits per heavy atom. The summed E-state index contributed by atoms with van der Waals surface area (Å²) in [6, 6.07) is 3.50. The van der Waals surface area contributed by atoms with Gasteiger partial charge < -0.3 is 14.5 Å². The maximum atomic E-state index is 14.3. The summed E-state index contributed by atoms with van der Waals surface area (Å²) in [5.74, 6) is -0.390. The topological polar surface area (TPSA) is 51.1 Å². The molecule has 1 spiro atoms. The van der Waals surface area contributed by atoms with E-state index in [1.807, 2.05) is 0 Å². The second-order valence-corrected chi connectivity index (χ2v) is 11.4. The third-order valence-electron chi connectivity index (χ3n) is 7.05. The molecule has 1 aromatic carbocycles. The first-order chi connectivity index (χ1) is 16.5. The quantitative estimate of drug-likeness (QED) is 0.340. The third-order valence-corrected chi connectivity index (χ3v) is 9.01. The van der Waals surface area contributed by atoms with Gasteiger partial charge in [0.15, 0.2) is 5.82 Å². The van der Waals surface area contributed by atoms with E-state index in [0.717, 1.165) is 35.4 Å². The van der Waals surface area contributed by atoms with E-state index < -0.39 is 45.2 Å². The molecule has 12 heteroatoms. The fourth-order valence-electron chi connectivity index (χ4n) is 4.85. The highest BCUT2D eigenvalue weighted by atomic mass is 35.5. The van der Waals surface area contributed by atoms with Gasteiger partial charge >= 0.3 is 6.18 Å².